The lowest BCUT2D eigenvalue weighted by Crippen LogP contribution is -2.23. The van der Waals surface area contributed by atoms with E-state index in [4.69, 9.17) is 10.2 Å². The Morgan fingerprint density at radius 3 is 1.28 bits per heavy atom. The molecule has 2 unspecified atom stereocenters. The highest BCUT2D eigenvalue weighted by atomic mass is 16.4. The predicted octanol–water partition coefficient (Wildman–Crippen LogP) is 2.44. The Balaban J connectivity index is 4.70. The molecule has 0 saturated heterocycles. The summed E-state index contributed by atoms with van der Waals surface area (Å²) in [4.78, 5) is 21.9. The van der Waals surface area contributed by atoms with Crippen LogP contribution in [0.2, 0.25) is 0 Å². The van der Waals surface area contributed by atoms with E-state index in [-0.39, 0.29) is 11.8 Å². The quantitative estimate of drug-likeness (QED) is 0.653. The Kier molecular flexibility index (Phi) is 7.16. The molecule has 2 N–H and O–H groups in total. The summed E-state index contributed by atoms with van der Waals surface area (Å²) in [6, 6.07) is -1.92. The molecular formula is C12H22N2O4. The molecule has 0 aromatic heterocycles. The lowest BCUT2D eigenvalue weighted by atomic mass is 10.0. The number of carboxylic acids is 2. The van der Waals surface area contributed by atoms with E-state index in [2.05, 4.69) is 10.2 Å². The molecule has 0 fully saturated rings. The van der Waals surface area contributed by atoms with Gasteiger partial charge in [0.1, 0.15) is 0 Å². The Labute approximate surface area is 107 Å². The topological polar surface area (TPSA) is 99.3 Å². The lowest BCUT2D eigenvalue weighted by molar-refractivity contribution is -0.141. The van der Waals surface area contributed by atoms with Gasteiger partial charge in [-0.05, 0) is 24.7 Å². The van der Waals surface area contributed by atoms with Gasteiger partial charge in [0.15, 0.2) is 12.1 Å². The molecule has 0 spiro atoms. The molecule has 104 valence electrons. The van der Waals surface area contributed by atoms with Crippen LogP contribution < -0.4 is 0 Å². The second kappa shape index (κ2) is 7.79. The number of carboxylic acid groups (broad SMARTS) is 2. The van der Waals surface area contributed by atoms with E-state index in [1.54, 1.807) is 0 Å². The first-order valence-electron chi connectivity index (χ1n) is 6.09. The van der Waals surface area contributed by atoms with Gasteiger partial charge in [0.2, 0.25) is 0 Å². The van der Waals surface area contributed by atoms with E-state index in [9.17, 15) is 9.59 Å². The van der Waals surface area contributed by atoms with Crippen LogP contribution in [0.3, 0.4) is 0 Å². The molecule has 6 nitrogen and oxygen atoms in total. The molecule has 6 heteroatoms. The van der Waals surface area contributed by atoms with E-state index in [0.29, 0.717) is 12.8 Å². The summed E-state index contributed by atoms with van der Waals surface area (Å²) in [5.41, 5.74) is 0. The van der Waals surface area contributed by atoms with Crippen molar-refractivity contribution in [3.63, 3.8) is 0 Å². The van der Waals surface area contributed by atoms with Crippen molar-refractivity contribution in [1.29, 1.82) is 0 Å². The van der Waals surface area contributed by atoms with Gasteiger partial charge in [-0.2, -0.15) is 10.2 Å². The molecule has 0 bridgehead atoms. The number of carbonyl (C=O) groups is 2. The average Bonchev–Trinajstić information content (AvgIpc) is 2.20. The summed E-state index contributed by atoms with van der Waals surface area (Å²) in [7, 11) is 0. The number of aliphatic carboxylic acids is 2. The third-order valence-corrected chi connectivity index (χ3v) is 2.30. The third-order valence-electron chi connectivity index (χ3n) is 2.30. The van der Waals surface area contributed by atoms with Crippen LogP contribution in [0, 0.1) is 11.8 Å². The lowest BCUT2D eigenvalue weighted by Gasteiger charge is -2.12. The first-order valence-corrected chi connectivity index (χ1v) is 6.09. The molecule has 18 heavy (non-hydrogen) atoms. The van der Waals surface area contributed by atoms with Crippen molar-refractivity contribution in [2.75, 3.05) is 0 Å². The second-order valence-electron chi connectivity index (χ2n) is 5.20. The minimum Gasteiger partial charge on any atom is -0.480 e. The van der Waals surface area contributed by atoms with Gasteiger partial charge in [-0.1, -0.05) is 27.7 Å². The first-order chi connectivity index (χ1) is 8.23. The van der Waals surface area contributed by atoms with Gasteiger partial charge < -0.3 is 10.2 Å². The van der Waals surface area contributed by atoms with Gasteiger partial charge in [0.25, 0.3) is 0 Å². The SMILES string of the molecule is CC(C)CC(N=NC(CC(C)C)C(=O)O)C(=O)O. The van der Waals surface area contributed by atoms with Crippen LogP contribution >= 0.6 is 0 Å². The maximum absolute atomic E-state index is 10.9. The molecule has 0 heterocycles. The maximum atomic E-state index is 10.9. The standard InChI is InChI=1S/C12H22N2O4/c1-7(2)5-9(11(15)16)13-14-10(12(17)18)6-8(3)4/h7-10H,5-6H2,1-4H3,(H,15,16)(H,17,18). The van der Waals surface area contributed by atoms with Crippen molar-refractivity contribution in [3.8, 4) is 0 Å². The van der Waals surface area contributed by atoms with Crippen molar-refractivity contribution in [1.82, 2.24) is 0 Å². The Bertz CT molecular complexity index is 283. The van der Waals surface area contributed by atoms with Gasteiger partial charge in [-0.25, -0.2) is 9.59 Å². The highest BCUT2D eigenvalue weighted by molar-refractivity contribution is 5.74. The molecule has 0 saturated carbocycles. The summed E-state index contributed by atoms with van der Waals surface area (Å²) in [6.07, 6.45) is 0.708. The summed E-state index contributed by atoms with van der Waals surface area (Å²) in [6.45, 7) is 7.53. The Morgan fingerprint density at radius 2 is 1.11 bits per heavy atom. The molecule has 0 aliphatic carbocycles. The van der Waals surface area contributed by atoms with Crippen molar-refractivity contribution in [3.05, 3.63) is 0 Å². The van der Waals surface area contributed by atoms with Gasteiger partial charge >= 0.3 is 11.9 Å². The molecule has 0 aliphatic heterocycles. The monoisotopic (exact) mass is 258 g/mol. The molecule has 2 atom stereocenters. The predicted molar refractivity (Wildman–Crippen MR) is 66.6 cm³/mol. The van der Waals surface area contributed by atoms with E-state index in [1.165, 1.54) is 0 Å². The number of azo groups is 1. The molecule has 0 amide bonds. The average molecular weight is 258 g/mol. The molecule has 0 aromatic carbocycles. The zero-order valence-corrected chi connectivity index (χ0v) is 11.3. The van der Waals surface area contributed by atoms with Crippen LogP contribution in [0.5, 0.6) is 0 Å². The fraction of sp³-hybridized carbons (Fsp3) is 0.833. The Hall–Kier alpha value is -1.46. The molecular weight excluding hydrogens is 236 g/mol. The van der Waals surface area contributed by atoms with Crippen LogP contribution in [0.15, 0.2) is 10.2 Å². The van der Waals surface area contributed by atoms with Crippen molar-refractivity contribution < 1.29 is 19.8 Å². The number of hydrogen-bond acceptors (Lipinski definition) is 4. The normalized spacial score (nSPS) is 15.2. The van der Waals surface area contributed by atoms with E-state index >= 15 is 0 Å². The van der Waals surface area contributed by atoms with Crippen molar-refractivity contribution in [2.24, 2.45) is 22.1 Å². The van der Waals surface area contributed by atoms with Gasteiger partial charge in [-0.3, -0.25) is 0 Å². The highest BCUT2D eigenvalue weighted by Gasteiger charge is 2.22. The van der Waals surface area contributed by atoms with Crippen LogP contribution in [0.1, 0.15) is 40.5 Å². The van der Waals surface area contributed by atoms with Crippen LogP contribution in [-0.2, 0) is 9.59 Å². The number of nitrogens with zero attached hydrogens (tertiary/aromatic N) is 2. The third kappa shape index (κ3) is 6.98. The van der Waals surface area contributed by atoms with Crippen molar-refractivity contribution >= 4 is 11.9 Å². The molecule has 0 aliphatic rings. The summed E-state index contributed by atoms with van der Waals surface area (Å²) in [5, 5.41) is 25.3. The van der Waals surface area contributed by atoms with E-state index in [0.717, 1.165) is 0 Å². The summed E-state index contributed by atoms with van der Waals surface area (Å²) >= 11 is 0. The molecule has 0 rings (SSSR count). The minimum absolute atomic E-state index is 0.165. The number of rotatable bonds is 8. The smallest absolute Gasteiger partial charge is 0.330 e. The zero-order valence-electron chi connectivity index (χ0n) is 11.3. The first kappa shape index (κ1) is 16.5. The van der Waals surface area contributed by atoms with E-state index < -0.39 is 24.0 Å². The molecule has 0 aromatic rings. The second-order valence-corrected chi connectivity index (χ2v) is 5.20. The van der Waals surface area contributed by atoms with Crippen LogP contribution in [0.25, 0.3) is 0 Å². The fourth-order valence-electron chi connectivity index (χ4n) is 1.45. The highest BCUT2D eigenvalue weighted by Crippen LogP contribution is 2.13. The number of hydrogen-bond donors (Lipinski definition) is 2. The van der Waals surface area contributed by atoms with Crippen LogP contribution in [-0.4, -0.2) is 34.2 Å². The molecule has 0 radical (unpaired) electrons. The minimum atomic E-state index is -1.07. The summed E-state index contributed by atoms with van der Waals surface area (Å²) in [5.74, 6) is -1.81. The van der Waals surface area contributed by atoms with Crippen molar-refractivity contribution in [2.45, 2.75) is 52.6 Å². The summed E-state index contributed by atoms with van der Waals surface area (Å²) < 4.78 is 0. The largest absolute Gasteiger partial charge is 0.480 e. The van der Waals surface area contributed by atoms with Gasteiger partial charge in [0.05, 0.1) is 0 Å². The van der Waals surface area contributed by atoms with Crippen LogP contribution in [0.4, 0.5) is 0 Å². The van der Waals surface area contributed by atoms with Gasteiger partial charge in [-0.15, -0.1) is 0 Å². The Morgan fingerprint density at radius 1 is 0.833 bits per heavy atom. The fourth-order valence-corrected chi connectivity index (χ4v) is 1.45. The van der Waals surface area contributed by atoms with Gasteiger partial charge in [0, 0.05) is 0 Å². The zero-order chi connectivity index (χ0) is 14.3. The van der Waals surface area contributed by atoms with E-state index in [1.807, 2.05) is 27.7 Å². The maximum Gasteiger partial charge on any atom is 0.330 e.